The number of aromatic nitrogens is 1. The Morgan fingerprint density at radius 3 is 2.48 bits per heavy atom. The average Bonchev–Trinajstić information content (AvgIpc) is 2.99. The molecule has 3 rings (SSSR count). The highest BCUT2D eigenvalue weighted by atomic mass is 16.5. The van der Waals surface area contributed by atoms with Crippen LogP contribution in [-0.2, 0) is 0 Å². The zero-order chi connectivity index (χ0) is 19.4. The zero-order valence-corrected chi connectivity index (χ0v) is 16.1. The van der Waals surface area contributed by atoms with Gasteiger partial charge >= 0.3 is 0 Å². The number of anilines is 1. The van der Waals surface area contributed by atoms with Crippen LogP contribution in [-0.4, -0.2) is 50.1 Å². The first kappa shape index (κ1) is 18.8. The van der Waals surface area contributed by atoms with E-state index in [1.165, 1.54) is 0 Å². The molecule has 3 aromatic rings. The molecule has 0 unspecified atom stereocenters. The molecule has 0 bridgehead atoms. The number of rotatable bonds is 7. The Morgan fingerprint density at radius 2 is 1.81 bits per heavy atom. The Kier molecular flexibility index (Phi) is 5.66. The van der Waals surface area contributed by atoms with Crippen molar-refractivity contribution in [2.75, 3.05) is 39.7 Å². The van der Waals surface area contributed by atoms with Crippen molar-refractivity contribution in [1.82, 2.24) is 9.88 Å². The number of hydrogen-bond acceptors (Lipinski definition) is 4. The Balaban J connectivity index is 1.70. The van der Waals surface area contributed by atoms with E-state index in [-0.39, 0.29) is 5.91 Å². The average molecular weight is 367 g/mol. The molecular weight excluding hydrogens is 342 g/mol. The second-order valence-corrected chi connectivity index (χ2v) is 6.67. The number of hydrogen-bond donors (Lipinski definition) is 2. The normalized spacial score (nSPS) is 11.0. The quantitative estimate of drug-likeness (QED) is 0.669. The van der Waals surface area contributed by atoms with Crippen molar-refractivity contribution < 1.29 is 14.3 Å². The molecule has 0 aliphatic carbocycles. The summed E-state index contributed by atoms with van der Waals surface area (Å²) in [5.41, 5.74) is 3.06. The first-order chi connectivity index (χ1) is 13.0. The molecule has 0 fully saturated rings. The molecule has 0 aliphatic rings. The van der Waals surface area contributed by atoms with Gasteiger partial charge in [0.25, 0.3) is 5.91 Å². The third-order valence-corrected chi connectivity index (χ3v) is 4.41. The topological polar surface area (TPSA) is 66.6 Å². The van der Waals surface area contributed by atoms with E-state index in [1.54, 1.807) is 7.11 Å². The molecule has 1 heterocycles. The van der Waals surface area contributed by atoms with Gasteiger partial charge < -0.3 is 24.7 Å². The molecular formula is C21H25N3O3. The molecule has 142 valence electrons. The summed E-state index contributed by atoms with van der Waals surface area (Å²) in [5.74, 6) is 1.37. The molecule has 1 aromatic heterocycles. The van der Waals surface area contributed by atoms with E-state index >= 15 is 0 Å². The minimum atomic E-state index is -0.177. The van der Waals surface area contributed by atoms with Gasteiger partial charge in [0.1, 0.15) is 23.8 Å². The Hall–Kier alpha value is -2.99. The summed E-state index contributed by atoms with van der Waals surface area (Å²) < 4.78 is 10.9. The van der Waals surface area contributed by atoms with E-state index < -0.39 is 0 Å². The minimum absolute atomic E-state index is 0.177. The standard InChI is InChI=1S/C21H25N3O3/c1-14-18-13-17(26-4)9-10-19(18)23-20(14)21(25)22-15-5-7-16(8-6-15)27-12-11-24(2)3/h5-10,13,23H,11-12H2,1-4H3,(H,22,25). The number of nitrogens with one attached hydrogen (secondary N) is 2. The van der Waals surface area contributed by atoms with Gasteiger partial charge in [-0.15, -0.1) is 0 Å². The lowest BCUT2D eigenvalue weighted by atomic mass is 10.1. The van der Waals surface area contributed by atoms with E-state index in [4.69, 9.17) is 9.47 Å². The van der Waals surface area contributed by atoms with Crippen LogP contribution < -0.4 is 14.8 Å². The predicted octanol–water partition coefficient (Wildman–Crippen LogP) is 3.68. The molecule has 6 heteroatoms. The van der Waals surface area contributed by atoms with Gasteiger partial charge in [-0.1, -0.05) is 0 Å². The molecule has 0 saturated heterocycles. The van der Waals surface area contributed by atoms with E-state index in [0.717, 1.165) is 40.2 Å². The maximum absolute atomic E-state index is 12.7. The highest BCUT2D eigenvalue weighted by Gasteiger charge is 2.15. The summed E-state index contributed by atoms with van der Waals surface area (Å²) >= 11 is 0. The lowest BCUT2D eigenvalue weighted by Crippen LogP contribution is -2.19. The summed E-state index contributed by atoms with van der Waals surface area (Å²) in [6.07, 6.45) is 0. The number of methoxy groups -OCH3 is 1. The van der Waals surface area contributed by atoms with E-state index in [2.05, 4.69) is 15.2 Å². The van der Waals surface area contributed by atoms with E-state index in [9.17, 15) is 4.79 Å². The van der Waals surface area contributed by atoms with Crippen molar-refractivity contribution in [3.8, 4) is 11.5 Å². The molecule has 0 saturated carbocycles. The van der Waals surface area contributed by atoms with Gasteiger partial charge in [0.05, 0.1) is 7.11 Å². The van der Waals surface area contributed by atoms with Gasteiger partial charge in [0, 0.05) is 23.1 Å². The molecule has 0 aliphatic heterocycles. The van der Waals surface area contributed by atoms with Crippen molar-refractivity contribution >= 4 is 22.5 Å². The highest BCUT2D eigenvalue weighted by molar-refractivity contribution is 6.08. The van der Waals surface area contributed by atoms with E-state index in [0.29, 0.717) is 12.3 Å². The summed E-state index contributed by atoms with van der Waals surface area (Å²) in [6, 6.07) is 13.1. The second kappa shape index (κ2) is 8.14. The Morgan fingerprint density at radius 1 is 1.11 bits per heavy atom. The minimum Gasteiger partial charge on any atom is -0.497 e. The molecule has 2 N–H and O–H groups in total. The number of aryl methyl sites for hydroxylation is 1. The fraction of sp³-hybridized carbons (Fsp3) is 0.286. The summed E-state index contributed by atoms with van der Waals surface area (Å²) in [6.45, 7) is 3.40. The molecule has 0 radical (unpaired) electrons. The van der Waals surface area contributed by atoms with Crippen LogP contribution in [0.5, 0.6) is 11.5 Å². The number of amides is 1. The molecule has 0 spiro atoms. The molecule has 1 amide bonds. The van der Waals surface area contributed by atoms with Crippen LogP contribution in [0.3, 0.4) is 0 Å². The SMILES string of the molecule is COc1ccc2[nH]c(C(=O)Nc3ccc(OCCN(C)C)cc3)c(C)c2c1. The summed E-state index contributed by atoms with van der Waals surface area (Å²) in [5, 5.41) is 3.90. The van der Waals surface area contributed by atoms with Crippen molar-refractivity contribution in [2.24, 2.45) is 0 Å². The number of benzene rings is 2. The third kappa shape index (κ3) is 4.41. The monoisotopic (exact) mass is 367 g/mol. The number of aromatic amines is 1. The lowest BCUT2D eigenvalue weighted by Gasteiger charge is -2.11. The number of likely N-dealkylation sites (N-methyl/N-ethyl adjacent to an activating group) is 1. The van der Waals surface area contributed by atoms with Crippen molar-refractivity contribution in [2.45, 2.75) is 6.92 Å². The van der Waals surface area contributed by atoms with Crippen molar-refractivity contribution in [1.29, 1.82) is 0 Å². The molecule has 27 heavy (non-hydrogen) atoms. The van der Waals surface area contributed by atoms with Crippen LogP contribution in [0.25, 0.3) is 10.9 Å². The first-order valence-corrected chi connectivity index (χ1v) is 8.83. The van der Waals surface area contributed by atoms with Crippen LogP contribution in [0, 0.1) is 6.92 Å². The molecule has 6 nitrogen and oxygen atoms in total. The smallest absolute Gasteiger partial charge is 0.272 e. The third-order valence-electron chi connectivity index (χ3n) is 4.41. The van der Waals surface area contributed by atoms with Crippen LogP contribution in [0.15, 0.2) is 42.5 Å². The van der Waals surface area contributed by atoms with Gasteiger partial charge in [-0.2, -0.15) is 0 Å². The number of ether oxygens (including phenoxy) is 2. The van der Waals surface area contributed by atoms with Gasteiger partial charge in [0.2, 0.25) is 0 Å². The van der Waals surface area contributed by atoms with Gasteiger partial charge in [-0.25, -0.2) is 0 Å². The van der Waals surface area contributed by atoms with E-state index in [1.807, 2.05) is 63.5 Å². The number of H-pyrrole nitrogens is 1. The van der Waals surface area contributed by atoms with Gasteiger partial charge in [-0.3, -0.25) is 4.79 Å². The van der Waals surface area contributed by atoms with Crippen LogP contribution >= 0.6 is 0 Å². The highest BCUT2D eigenvalue weighted by Crippen LogP contribution is 2.26. The maximum atomic E-state index is 12.7. The van der Waals surface area contributed by atoms with Gasteiger partial charge in [-0.05, 0) is 69.0 Å². The number of fused-ring (bicyclic) bond motifs is 1. The Bertz CT molecular complexity index is 930. The first-order valence-electron chi connectivity index (χ1n) is 8.83. The fourth-order valence-electron chi connectivity index (χ4n) is 2.83. The van der Waals surface area contributed by atoms with Crippen LogP contribution in [0.1, 0.15) is 16.1 Å². The maximum Gasteiger partial charge on any atom is 0.272 e. The van der Waals surface area contributed by atoms with Crippen molar-refractivity contribution in [3.05, 3.63) is 53.7 Å². The summed E-state index contributed by atoms with van der Waals surface area (Å²) in [7, 11) is 5.64. The van der Waals surface area contributed by atoms with Gasteiger partial charge in [0.15, 0.2) is 0 Å². The molecule has 0 atom stereocenters. The fourth-order valence-corrected chi connectivity index (χ4v) is 2.83. The Labute approximate surface area is 159 Å². The largest absolute Gasteiger partial charge is 0.497 e. The number of carbonyl (C=O) groups excluding carboxylic acids is 1. The molecule has 2 aromatic carbocycles. The number of nitrogens with zero attached hydrogens (tertiary/aromatic N) is 1. The number of carbonyl (C=O) groups is 1. The van der Waals surface area contributed by atoms with Crippen molar-refractivity contribution in [3.63, 3.8) is 0 Å². The predicted molar refractivity (Wildman–Crippen MR) is 108 cm³/mol. The second-order valence-electron chi connectivity index (χ2n) is 6.67. The zero-order valence-electron chi connectivity index (χ0n) is 16.1. The lowest BCUT2D eigenvalue weighted by molar-refractivity contribution is 0.102. The van der Waals surface area contributed by atoms with Crippen LogP contribution in [0.2, 0.25) is 0 Å². The summed E-state index contributed by atoms with van der Waals surface area (Å²) in [4.78, 5) is 17.9. The van der Waals surface area contributed by atoms with Crippen LogP contribution in [0.4, 0.5) is 5.69 Å².